The normalized spacial score (nSPS) is 11.8. The first kappa shape index (κ1) is 17.6. The third-order valence-corrected chi connectivity index (χ3v) is 4.73. The lowest BCUT2D eigenvalue weighted by Gasteiger charge is -2.13. The predicted molar refractivity (Wildman–Crippen MR) is 78.0 cm³/mol. The van der Waals surface area contributed by atoms with Gasteiger partial charge in [0, 0.05) is 39.5 Å². The molecule has 120 valence electrons. The van der Waals surface area contributed by atoms with E-state index in [9.17, 15) is 18.0 Å². The summed E-state index contributed by atoms with van der Waals surface area (Å²) in [7, 11) is -1.30. The van der Waals surface area contributed by atoms with Crippen LogP contribution in [0, 0.1) is 6.92 Å². The van der Waals surface area contributed by atoms with Gasteiger partial charge in [0.2, 0.25) is 10.0 Å². The van der Waals surface area contributed by atoms with E-state index in [1.807, 2.05) is 6.92 Å². The van der Waals surface area contributed by atoms with Crippen molar-refractivity contribution in [3.8, 4) is 0 Å². The van der Waals surface area contributed by atoms with E-state index in [0.29, 0.717) is 19.6 Å². The molecule has 1 aromatic heterocycles. The summed E-state index contributed by atoms with van der Waals surface area (Å²) in [6.45, 7) is 4.43. The van der Waals surface area contributed by atoms with E-state index < -0.39 is 26.2 Å². The van der Waals surface area contributed by atoms with Gasteiger partial charge in [-0.05, 0) is 20.3 Å². The van der Waals surface area contributed by atoms with Crippen LogP contribution in [0.25, 0.3) is 0 Å². The average Bonchev–Trinajstić information content (AvgIpc) is 2.42. The zero-order chi connectivity index (χ0) is 16.2. The highest BCUT2D eigenvalue weighted by Crippen LogP contribution is 2.07. The van der Waals surface area contributed by atoms with Crippen LogP contribution in [0.15, 0.2) is 14.5 Å². The van der Waals surface area contributed by atoms with Crippen LogP contribution in [0.2, 0.25) is 0 Å². The van der Waals surface area contributed by atoms with E-state index in [2.05, 4.69) is 4.72 Å². The van der Waals surface area contributed by atoms with Crippen molar-refractivity contribution in [1.82, 2.24) is 13.9 Å². The zero-order valence-electron chi connectivity index (χ0n) is 12.7. The van der Waals surface area contributed by atoms with Crippen LogP contribution >= 0.6 is 0 Å². The molecule has 1 N–H and O–H groups in total. The first-order chi connectivity index (χ1) is 9.74. The number of ether oxygens (including phenoxy) is 1. The molecule has 0 spiro atoms. The van der Waals surface area contributed by atoms with Crippen LogP contribution in [0.3, 0.4) is 0 Å². The van der Waals surface area contributed by atoms with Gasteiger partial charge in [-0.1, -0.05) is 0 Å². The molecule has 0 amide bonds. The van der Waals surface area contributed by atoms with E-state index >= 15 is 0 Å². The molecule has 0 saturated heterocycles. The Kier molecular flexibility index (Phi) is 5.87. The van der Waals surface area contributed by atoms with Crippen molar-refractivity contribution in [3.63, 3.8) is 0 Å². The maximum Gasteiger partial charge on any atom is 0.330 e. The summed E-state index contributed by atoms with van der Waals surface area (Å²) >= 11 is 0. The van der Waals surface area contributed by atoms with Gasteiger partial charge < -0.3 is 4.74 Å². The predicted octanol–water partition coefficient (Wildman–Crippen LogP) is -0.903. The van der Waals surface area contributed by atoms with E-state index in [0.717, 1.165) is 9.13 Å². The third-order valence-electron chi connectivity index (χ3n) is 3.13. The molecule has 1 rings (SSSR count). The molecule has 0 fully saturated rings. The van der Waals surface area contributed by atoms with Crippen molar-refractivity contribution in [3.05, 3.63) is 26.5 Å². The Balaban J connectivity index is 3.10. The molecule has 0 atom stereocenters. The molecule has 1 aromatic rings. The van der Waals surface area contributed by atoms with Gasteiger partial charge >= 0.3 is 5.69 Å². The molecule has 0 radical (unpaired) electrons. The van der Waals surface area contributed by atoms with E-state index in [-0.39, 0.29) is 12.2 Å². The summed E-state index contributed by atoms with van der Waals surface area (Å²) in [5.74, 6) is 0. The Labute approximate surface area is 123 Å². The largest absolute Gasteiger partial charge is 0.382 e. The highest BCUT2D eigenvalue weighted by molar-refractivity contribution is 7.89. The number of sulfonamides is 1. The molecule has 0 aliphatic carbocycles. The Morgan fingerprint density at radius 3 is 2.38 bits per heavy atom. The van der Waals surface area contributed by atoms with Crippen LogP contribution in [-0.4, -0.2) is 37.3 Å². The van der Waals surface area contributed by atoms with Gasteiger partial charge in [0.05, 0.1) is 0 Å². The first-order valence-corrected chi connectivity index (χ1v) is 8.06. The smallest absolute Gasteiger partial charge is 0.330 e. The van der Waals surface area contributed by atoms with Crippen molar-refractivity contribution in [2.75, 3.05) is 19.8 Å². The topological polar surface area (TPSA) is 99.4 Å². The summed E-state index contributed by atoms with van der Waals surface area (Å²) in [5.41, 5.74) is -1.28. The fourth-order valence-electron chi connectivity index (χ4n) is 1.82. The van der Waals surface area contributed by atoms with Crippen LogP contribution in [0.1, 0.15) is 19.0 Å². The second kappa shape index (κ2) is 7.01. The fourth-order valence-corrected chi connectivity index (χ4v) is 3.27. The SMILES string of the molecule is CCOCCCNS(=O)(=O)c1c(C)n(C)c(=O)n(C)c1=O. The number of rotatable bonds is 7. The van der Waals surface area contributed by atoms with Gasteiger partial charge in [-0.25, -0.2) is 17.9 Å². The van der Waals surface area contributed by atoms with Crippen molar-refractivity contribution in [2.24, 2.45) is 14.1 Å². The maximum atomic E-state index is 12.2. The van der Waals surface area contributed by atoms with Gasteiger partial charge in [-0.2, -0.15) is 0 Å². The Bertz CT molecular complexity index is 718. The highest BCUT2D eigenvalue weighted by atomic mass is 32.2. The van der Waals surface area contributed by atoms with Crippen LogP contribution in [-0.2, 0) is 28.9 Å². The molecule has 0 aliphatic heterocycles. The Morgan fingerprint density at radius 2 is 1.81 bits per heavy atom. The first-order valence-electron chi connectivity index (χ1n) is 6.58. The highest BCUT2D eigenvalue weighted by Gasteiger charge is 2.24. The third kappa shape index (κ3) is 3.80. The summed E-state index contributed by atoms with van der Waals surface area (Å²) in [6, 6.07) is 0. The molecule has 0 aliphatic rings. The van der Waals surface area contributed by atoms with E-state index in [1.165, 1.54) is 21.0 Å². The second-order valence-electron chi connectivity index (χ2n) is 4.57. The number of hydrogen-bond donors (Lipinski definition) is 1. The van der Waals surface area contributed by atoms with Gasteiger partial charge in [0.15, 0.2) is 4.90 Å². The molecule has 21 heavy (non-hydrogen) atoms. The molecule has 0 bridgehead atoms. The van der Waals surface area contributed by atoms with Gasteiger partial charge in [-0.15, -0.1) is 0 Å². The molecule has 0 aromatic carbocycles. The standard InChI is InChI=1S/C12H21N3O5S/c1-5-20-8-6-7-13-21(18,19)10-9(2)14(3)12(17)15(4)11(10)16/h13H,5-8H2,1-4H3. The monoisotopic (exact) mass is 319 g/mol. The van der Waals surface area contributed by atoms with Crippen LogP contribution in [0.4, 0.5) is 0 Å². The minimum Gasteiger partial charge on any atom is -0.382 e. The summed E-state index contributed by atoms with van der Waals surface area (Å²) in [4.78, 5) is 23.4. The quantitative estimate of drug-likeness (QED) is 0.656. The minimum atomic E-state index is -3.97. The Morgan fingerprint density at radius 1 is 1.19 bits per heavy atom. The summed E-state index contributed by atoms with van der Waals surface area (Å²) in [6.07, 6.45) is 0.498. The van der Waals surface area contributed by atoms with Crippen LogP contribution < -0.4 is 16.0 Å². The second-order valence-corrected chi connectivity index (χ2v) is 6.27. The summed E-state index contributed by atoms with van der Waals surface area (Å²) in [5, 5.41) is 0. The molecule has 0 saturated carbocycles. The van der Waals surface area contributed by atoms with Crippen molar-refractivity contribution in [1.29, 1.82) is 0 Å². The maximum absolute atomic E-state index is 12.2. The van der Waals surface area contributed by atoms with E-state index in [4.69, 9.17) is 4.74 Å². The van der Waals surface area contributed by atoms with Crippen molar-refractivity contribution >= 4 is 10.0 Å². The van der Waals surface area contributed by atoms with Gasteiger partial charge in [0.1, 0.15) is 0 Å². The number of nitrogens with one attached hydrogen (secondary N) is 1. The lowest BCUT2D eigenvalue weighted by atomic mass is 10.4. The number of aromatic nitrogens is 2. The number of hydrogen-bond acceptors (Lipinski definition) is 5. The molecule has 0 unspecified atom stereocenters. The fraction of sp³-hybridized carbons (Fsp3) is 0.667. The zero-order valence-corrected chi connectivity index (χ0v) is 13.5. The number of nitrogens with zero attached hydrogens (tertiary/aromatic N) is 2. The molecule has 8 nitrogen and oxygen atoms in total. The lowest BCUT2D eigenvalue weighted by molar-refractivity contribution is 0.146. The molecule has 1 heterocycles. The van der Waals surface area contributed by atoms with Crippen molar-refractivity contribution in [2.45, 2.75) is 25.2 Å². The van der Waals surface area contributed by atoms with Gasteiger partial charge in [-0.3, -0.25) is 13.9 Å². The van der Waals surface area contributed by atoms with E-state index in [1.54, 1.807) is 0 Å². The molecular weight excluding hydrogens is 298 g/mol. The average molecular weight is 319 g/mol. The lowest BCUT2D eigenvalue weighted by Crippen LogP contribution is -2.43. The minimum absolute atomic E-state index is 0.111. The Hall–Kier alpha value is -1.45. The molecule has 9 heteroatoms. The molecular formula is C12H21N3O5S. The van der Waals surface area contributed by atoms with Crippen molar-refractivity contribution < 1.29 is 13.2 Å². The van der Waals surface area contributed by atoms with Crippen LogP contribution in [0.5, 0.6) is 0 Å². The summed E-state index contributed by atoms with van der Waals surface area (Å²) < 4.78 is 33.9. The van der Waals surface area contributed by atoms with Gasteiger partial charge in [0.25, 0.3) is 5.56 Å².